The molecule has 3 heterocycles. The molecule has 0 bridgehead atoms. The number of fused-ring (bicyclic) bond motifs is 2. The maximum Gasteiger partial charge on any atom is 0.264 e. The van der Waals surface area contributed by atoms with E-state index in [1.807, 2.05) is 55.5 Å². The number of benzene rings is 2. The smallest absolute Gasteiger partial charge is 0.264 e. The molecule has 5 rings (SSSR count). The van der Waals surface area contributed by atoms with Crippen LogP contribution in [-0.4, -0.2) is 44.6 Å². The van der Waals surface area contributed by atoms with Crippen LogP contribution in [0.25, 0.3) is 0 Å². The second-order valence-electron chi connectivity index (χ2n) is 10.9. The number of hydrogen-bond donors (Lipinski definition) is 1. The third-order valence-corrected chi connectivity index (χ3v) is 10.6. The van der Waals surface area contributed by atoms with Gasteiger partial charge in [0, 0.05) is 42.3 Å². The lowest BCUT2D eigenvalue weighted by Gasteiger charge is -2.32. The van der Waals surface area contributed by atoms with Crippen LogP contribution in [0.3, 0.4) is 0 Å². The number of nitrogens with zero attached hydrogens (tertiary/aromatic N) is 2. The highest BCUT2D eigenvalue weighted by molar-refractivity contribution is 6.72. The Balaban J connectivity index is 1.64. The van der Waals surface area contributed by atoms with Gasteiger partial charge in [0.1, 0.15) is 0 Å². The molecule has 0 aromatic heterocycles. The molecule has 0 aliphatic carbocycles. The van der Waals surface area contributed by atoms with Gasteiger partial charge in [0.05, 0.1) is 18.3 Å². The first-order valence-electron chi connectivity index (χ1n) is 13.0. The van der Waals surface area contributed by atoms with Gasteiger partial charge in [0.2, 0.25) is 14.3 Å². The lowest BCUT2D eigenvalue weighted by Crippen LogP contribution is -2.45. The van der Waals surface area contributed by atoms with Crippen molar-refractivity contribution in [1.29, 1.82) is 0 Å². The summed E-state index contributed by atoms with van der Waals surface area (Å²) in [7, 11) is -3.26. The maximum atomic E-state index is 15.7. The summed E-state index contributed by atoms with van der Waals surface area (Å²) in [6, 6.07) is 15.5. The van der Waals surface area contributed by atoms with Gasteiger partial charge < -0.3 is 23.8 Å². The summed E-state index contributed by atoms with van der Waals surface area (Å²) in [5.74, 6) is -0.533. The molecule has 0 unspecified atom stereocenters. The Morgan fingerprint density at radius 1 is 1.14 bits per heavy atom. The van der Waals surface area contributed by atoms with Crippen LogP contribution >= 0.6 is 0 Å². The number of halogens is 1. The fraction of sp³-hybridized carbons (Fsp3) is 0.500. The summed E-state index contributed by atoms with van der Waals surface area (Å²) in [6.07, 6.45) is 2.06. The largest absolute Gasteiger partial charge is 0.396 e. The Hall–Kier alpha value is -2.55. The van der Waals surface area contributed by atoms with E-state index < -0.39 is 31.6 Å². The zero-order valence-corrected chi connectivity index (χ0v) is 22.2. The first-order valence-corrected chi connectivity index (χ1v) is 15.9. The fourth-order valence-corrected chi connectivity index (χ4v) is 9.14. The highest BCUT2D eigenvalue weighted by Crippen LogP contribution is 2.60. The molecule has 8 heteroatoms. The number of amides is 2. The number of carbonyl (C=O) groups excluding carboxylic acids is 2. The van der Waals surface area contributed by atoms with Gasteiger partial charge in [-0.3, -0.25) is 9.59 Å². The quantitative estimate of drug-likeness (QED) is 0.443. The number of aliphatic hydroxyl groups is 1. The topological polar surface area (TPSA) is 70.1 Å². The highest BCUT2D eigenvalue weighted by Gasteiger charge is 2.66. The van der Waals surface area contributed by atoms with Crippen LogP contribution in [0.5, 0.6) is 0 Å². The molecule has 2 fully saturated rings. The molecule has 3 aliphatic heterocycles. The van der Waals surface area contributed by atoms with Crippen LogP contribution < -0.4 is 9.80 Å². The van der Waals surface area contributed by atoms with E-state index in [0.717, 1.165) is 29.8 Å². The van der Waals surface area contributed by atoms with E-state index in [4.69, 9.17) is 4.74 Å². The molecule has 2 aromatic rings. The minimum absolute atomic E-state index is 0.0782. The molecule has 2 aromatic carbocycles. The predicted molar refractivity (Wildman–Crippen MR) is 140 cm³/mol. The third kappa shape index (κ3) is 3.99. The molecule has 0 radical (unpaired) electrons. The van der Waals surface area contributed by atoms with Gasteiger partial charge in [-0.05, 0) is 56.1 Å². The normalized spacial score (nSPS) is 28.3. The second kappa shape index (κ2) is 9.39. The van der Waals surface area contributed by atoms with Crippen molar-refractivity contribution in [2.45, 2.75) is 69.5 Å². The van der Waals surface area contributed by atoms with Crippen LogP contribution in [0, 0.1) is 5.92 Å². The van der Waals surface area contributed by atoms with Gasteiger partial charge in [0.25, 0.3) is 5.91 Å². The van der Waals surface area contributed by atoms with Gasteiger partial charge in [-0.1, -0.05) is 37.3 Å². The van der Waals surface area contributed by atoms with Crippen LogP contribution in [0.2, 0.25) is 18.6 Å². The van der Waals surface area contributed by atoms with Gasteiger partial charge in [0.15, 0.2) is 5.60 Å². The van der Waals surface area contributed by atoms with Crippen molar-refractivity contribution >= 4 is 31.6 Å². The van der Waals surface area contributed by atoms with Crippen molar-refractivity contribution in [3.8, 4) is 0 Å². The minimum atomic E-state index is -3.26. The molecule has 4 atom stereocenters. The summed E-state index contributed by atoms with van der Waals surface area (Å²) >= 11 is 0. The van der Waals surface area contributed by atoms with E-state index >= 15 is 4.11 Å². The van der Waals surface area contributed by atoms with Gasteiger partial charge >= 0.3 is 0 Å². The average molecular weight is 511 g/mol. The molecule has 0 saturated carbocycles. The van der Waals surface area contributed by atoms with Crippen LogP contribution in [0.15, 0.2) is 48.5 Å². The van der Waals surface area contributed by atoms with Gasteiger partial charge in [-0.25, -0.2) is 0 Å². The van der Waals surface area contributed by atoms with E-state index in [1.165, 1.54) is 0 Å². The Kier molecular flexibility index (Phi) is 6.55. The number of rotatable bonds is 6. The van der Waals surface area contributed by atoms with E-state index in [0.29, 0.717) is 25.1 Å². The average Bonchev–Trinajstić information content (AvgIpc) is 3.27. The fourth-order valence-electron chi connectivity index (χ4n) is 6.60. The summed E-state index contributed by atoms with van der Waals surface area (Å²) in [5, 5.41) is 9.75. The lowest BCUT2D eigenvalue weighted by atomic mass is 9.82. The van der Waals surface area contributed by atoms with Crippen LogP contribution in [0.1, 0.15) is 43.7 Å². The van der Waals surface area contributed by atoms with E-state index in [-0.39, 0.29) is 24.8 Å². The van der Waals surface area contributed by atoms with Crippen molar-refractivity contribution in [3.63, 3.8) is 0 Å². The summed E-state index contributed by atoms with van der Waals surface area (Å²) in [5.41, 5.74) is 1.39. The molecule has 36 heavy (non-hydrogen) atoms. The monoisotopic (exact) mass is 510 g/mol. The molecule has 2 saturated heterocycles. The van der Waals surface area contributed by atoms with Crippen molar-refractivity contribution < 1.29 is 23.5 Å². The molecule has 2 amide bonds. The number of piperidine rings is 1. The van der Waals surface area contributed by atoms with Gasteiger partial charge in [-0.2, -0.15) is 0 Å². The molecule has 1 spiro atoms. The summed E-state index contributed by atoms with van der Waals surface area (Å²) < 4.78 is 22.3. The molecule has 3 aliphatic rings. The molecule has 1 N–H and O–H groups in total. The third-order valence-electron chi connectivity index (χ3n) is 8.18. The van der Waals surface area contributed by atoms with Crippen molar-refractivity contribution in [2.24, 2.45) is 5.92 Å². The Morgan fingerprint density at radius 2 is 1.89 bits per heavy atom. The van der Waals surface area contributed by atoms with E-state index in [9.17, 15) is 14.7 Å². The molecule has 6 nitrogen and oxygen atoms in total. The van der Waals surface area contributed by atoms with E-state index in [1.54, 1.807) is 22.9 Å². The molecular weight excluding hydrogens is 475 g/mol. The first kappa shape index (κ1) is 25.1. The van der Waals surface area contributed by atoms with Gasteiger partial charge in [-0.15, -0.1) is 0 Å². The summed E-state index contributed by atoms with van der Waals surface area (Å²) in [6.45, 7) is 6.12. The number of aliphatic hydroxyl groups excluding tert-OH is 1. The van der Waals surface area contributed by atoms with Crippen molar-refractivity contribution in [3.05, 3.63) is 59.7 Å². The van der Waals surface area contributed by atoms with Crippen molar-refractivity contribution in [2.75, 3.05) is 23.0 Å². The predicted octanol–water partition coefficient (Wildman–Crippen LogP) is 4.91. The zero-order chi connectivity index (χ0) is 25.7. The molecular formula is C28H35FN2O4Si. The lowest BCUT2D eigenvalue weighted by molar-refractivity contribution is -0.146. The SMILES string of the molecule is C[C@@H]1[C@@H]([Si](C)(C)F)[C@H](CCO)O[C@@]12C(=O)N(Cc1ccccc1)c1ccc(N3CCCCC3=O)cc12. The highest BCUT2D eigenvalue weighted by atomic mass is 28.4. The van der Waals surface area contributed by atoms with Crippen molar-refractivity contribution in [1.82, 2.24) is 0 Å². The zero-order valence-electron chi connectivity index (χ0n) is 21.2. The number of carbonyl (C=O) groups is 2. The first-order chi connectivity index (χ1) is 17.2. The van der Waals surface area contributed by atoms with E-state index in [2.05, 4.69) is 0 Å². The maximum absolute atomic E-state index is 15.7. The second-order valence-corrected chi connectivity index (χ2v) is 14.7. The summed E-state index contributed by atoms with van der Waals surface area (Å²) in [4.78, 5) is 30.6. The van der Waals surface area contributed by atoms with Crippen LogP contribution in [0.4, 0.5) is 15.5 Å². The standard InChI is InChI=1S/C28H35FN2O4Si/c1-19-26(36(2,3)29)24(14-16-32)35-28(19)22-17-21(30-15-8-7-11-25(30)33)12-13-23(22)31(27(28)34)18-20-9-5-4-6-10-20/h4-6,9-10,12-13,17,19,24,26,32H,7-8,11,14-16,18H2,1-3H3/t19-,24+,26-,28+/m1/s1. The minimum Gasteiger partial charge on any atom is -0.396 e. The number of anilines is 2. The number of hydrogen-bond acceptors (Lipinski definition) is 4. The Labute approximate surface area is 213 Å². The molecule has 192 valence electrons. The van der Waals surface area contributed by atoms with Crippen LogP contribution in [-0.2, 0) is 26.5 Å². The Bertz CT molecular complexity index is 1150. The Morgan fingerprint density at radius 3 is 2.56 bits per heavy atom. The number of ether oxygens (including phenoxy) is 1.